The van der Waals surface area contributed by atoms with Crippen LogP contribution >= 0.6 is 0 Å². The van der Waals surface area contributed by atoms with Gasteiger partial charge in [0.2, 0.25) is 0 Å². The number of hydrogen-bond donors (Lipinski definition) is 1. The molecule has 2 saturated carbocycles. The maximum Gasteiger partial charge on any atom is 0.138 e. The fraction of sp³-hybridized carbons (Fsp3) is 0.867. The molecule has 2 aliphatic carbocycles. The van der Waals surface area contributed by atoms with E-state index in [2.05, 4.69) is 23.9 Å². The SMILES string of the molecule is CC(C)Cn1ncnc1CC(N)C1C2CCCCC21. The van der Waals surface area contributed by atoms with E-state index < -0.39 is 0 Å². The third kappa shape index (κ3) is 2.69. The van der Waals surface area contributed by atoms with Crippen molar-refractivity contribution in [3.05, 3.63) is 12.2 Å². The maximum absolute atomic E-state index is 6.45. The molecule has 3 atom stereocenters. The highest BCUT2D eigenvalue weighted by Gasteiger charge is 2.53. The molecule has 0 amide bonds. The van der Waals surface area contributed by atoms with Gasteiger partial charge >= 0.3 is 0 Å². The number of hydrogen-bond acceptors (Lipinski definition) is 3. The summed E-state index contributed by atoms with van der Waals surface area (Å²) in [6, 6.07) is 0.281. The number of fused-ring (bicyclic) bond motifs is 1. The van der Waals surface area contributed by atoms with Crippen molar-refractivity contribution < 1.29 is 0 Å². The molecule has 0 aliphatic heterocycles. The molecule has 2 fully saturated rings. The second-order valence-electron chi connectivity index (χ2n) is 6.81. The smallest absolute Gasteiger partial charge is 0.138 e. The minimum absolute atomic E-state index is 0.281. The summed E-state index contributed by atoms with van der Waals surface area (Å²) in [5.41, 5.74) is 6.45. The van der Waals surface area contributed by atoms with Crippen LogP contribution in [0.25, 0.3) is 0 Å². The molecular formula is C15H26N4. The van der Waals surface area contributed by atoms with Crippen LogP contribution in [0, 0.1) is 23.7 Å². The van der Waals surface area contributed by atoms with E-state index >= 15 is 0 Å². The molecule has 0 spiro atoms. The molecule has 2 N–H and O–H groups in total. The summed E-state index contributed by atoms with van der Waals surface area (Å²) in [5.74, 6) is 4.27. The van der Waals surface area contributed by atoms with Crippen molar-refractivity contribution in [3.63, 3.8) is 0 Å². The van der Waals surface area contributed by atoms with Gasteiger partial charge in [-0.1, -0.05) is 26.7 Å². The molecule has 0 aromatic carbocycles. The summed E-state index contributed by atoms with van der Waals surface area (Å²) in [6.45, 7) is 5.36. The summed E-state index contributed by atoms with van der Waals surface area (Å²) < 4.78 is 2.04. The quantitative estimate of drug-likeness (QED) is 0.885. The minimum Gasteiger partial charge on any atom is -0.327 e. The largest absolute Gasteiger partial charge is 0.327 e. The van der Waals surface area contributed by atoms with Crippen LogP contribution < -0.4 is 5.73 Å². The van der Waals surface area contributed by atoms with Crippen molar-refractivity contribution in [1.82, 2.24) is 14.8 Å². The van der Waals surface area contributed by atoms with Crippen LogP contribution in [-0.2, 0) is 13.0 Å². The molecule has 0 bridgehead atoms. The minimum atomic E-state index is 0.281. The summed E-state index contributed by atoms with van der Waals surface area (Å²) >= 11 is 0. The van der Waals surface area contributed by atoms with Crippen molar-refractivity contribution in [2.45, 2.75) is 58.5 Å². The van der Waals surface area contributed by atoms with Crippen LogP contribution in [0.1, 0.15) is 45.4 Å². The number of rotatable bonds is 5. The van der Waals surface area contributed by atoms with Gasteiger partial charge in [-0.05, 0) is 36.5 Å². The molecule has 3 rings (SSSR count). The van der Waals surface area contributed by atoms with Gasteiger partial charge < -0.3 is 5.73 Å². The summed E-state index contributed by atoms with van der Waals surface area (Å²) in [7, 11) is 0. The zero-order valence-electron chi connectivity index (χ0n) is 12.1. The summed E-state index contributed by atoms with van der Waals surface area (Å²) in [6.07, 6.45) is 8.19. The van der Waals surface area contributed by atoms with Crippen LogP contribution in [0.2, 0.25) is 0 Å². The predicted molar refractivity (Wildman–Crippen MR) is 75.5 cm³/mol. The van der Waals surface area contributed by atoms with E-state index in [1.165, 1.54) is 25.7 Å². The van der Waals surface area contributed by atoms with E-state index in [1.54, 1.807) is 6.33 Å². The van der Waals surface area contributed by atoms with Crippen LogP contribution in [0.15, 0.2) is 6.33 Å². The van der Waals surface area contributed by atoms with Gasteiger partial charge in [-0.2, -0.15) is 5.10 Å². The molecule has 1 aromatic heterocycles. The van der Waals surface area contributed by atoms with Crippen LogP contribution in [-0.4, -0.2) is 20.8 Å². The molecule has 1 aromatic rings. The average Bonchev–Trinajstić information content (AvgIpc) is 2.97. The monoisotopic (exact) mass is 262 g/mol. The van der Waals surface area contributed by atoms with E-state index in [4.69, 9.17) is 5.73 Å². The van der Waals surface area contributed by atoms with Gasteiger partial charge in [-0.25, -0.2) is 9.67 Å². The molecule has 19 heavy (non-hydrogen) atoms. The molecule has 0 saturated heterocycles. The standard InChI is InChI=1S/C15H26N4/c1-10(2)8-19-14(17-9-18-19)7-13(16)15-11-5-3-4-6-12(11)15/h9-13,15H,3-8,16H2,1-2H3. The third-order valence-corrected chi connectivity index (χ3v) is 4.87. The van der Waals surface area contributed by atoms with Crippen molar-refractivity contribution in [1.29, 1.82) is 0 Å². The Kier molecular flexibility index (Phi) is 3.61. The third-order valence-electron chi connectivity index (χ3n) is 4.87. The van der Waals surface area contributed by atoms with E-state index in [0.29, 0.717) is 5.92 Å². The zero-order valence-corrected chi connectivity index (χ0v) is 12.1. The Labute approximate surface area is 115 Å². The van der Waals surface area contributed by atoms with Crippen molar-refractivity contribution in [3.8, 4) is 0 Å². The molecule has 4 heteroatoms. The molecule has 0 radical (unpaired) electrons. The Morgan fingerprint density at radius 2 is 2.00 bits per heavy atom. The Morgan fingerprint density at radius 1 is 1.32 bits per heavy atom. The topological polar surface area (TPSA) is 56.7 Å². The van der Waals surface area contributed by atoms with E-state index in [1.807, 2.05) is 4.68 Å². The number of nitrogens with zero attached hydrogens (tertiary/aromatic N) is 3. The summed E-state index contributed by atoms with van der Waals surface area (Å²) in [5, 5.41) is 4.33. The summed E-state index contributed by atoms with van der Waals surface area (Å²) in [4.78, 5) is 4.41. The first kappa shape index (κ1) is 13.1. The van der Waals surface area contributed by atoms with Crippen molar-refractivity contribution in [2.75, 3.05) is 0 Å². The highest BCUT2D eigenvalue weighted by Crippen LogP contribution is 2.56. The molecule has 3 unspecified atom stereocenters. The van der Waals surface area contributed by atoms with Crippen molar-refractivity contribution >= 4 is 0 Å². The Balaban J connectivity index is 1.60. The highest BCUT2D eigenvalue weighted by molar-refractivity contribution is 5.06. The first-order valence-electron chi connectivity index (χ1n) is 7.79. The Hall–Kier alpha value is -0.900. The van der Waals surface area contributed by atoms with Crippen molar-refractivity contribution in [2.24, 2.45) is 29.4 Å². The van der Waals surface area contributed by atoms with E-state index in [9.17, 15) is 0 Å². The van der Waals surface area contributed by atoms with Gasteiger partial charge in [-0.3, -0.25) is 0 Å². The lowest BCUT2D eigenvalue weighted by Gasteiger charge is -2.13. The van der Waals surface area contributed by atoms with Crippen LogP contribution in [0.5, 0.6) is 0 Å². The van der Waals surface area contributed by atoms with Gasteiger partial charge in [0, 0.05) is 19.0 Å². The van der Waals surface area contributed by atoms with Crippen LogP contribution in [0.3, 0.4) is 0 Å². The normalized spacial score (nSPS) is 31.3. The lowest BCUT2D eigenvalue weighted by molar-refractivity contribution is 0.445. The fourth-order valence-electron chi connectivity index (χ4n) is 3.97. The zero-order chi connectivity index (χ0) is 13.4. The van der Waals surface area contributed by atoms with Crippen LogP contribution in [0.4, 0.5) is 0 Å². The Morgan fingerprint density at radius 3 is 2.63 bits per heavy atom. The number of aromatic nitrogens is 3. The Bertz CT molecular complexity index is 414. The van der Waals surface area contributed by atoms with Gasteiger partial charge in [0.25, 0.3) is 0 Å². The van der Waals surface area contributed by atoms with Gasteiger partial charge in [0.15, 0.2) is 0 Å². The van der Waals surface area contributed by atoms with Gasteiger partial charge in [0.1, 0.15) is 12.2 Å². The lowest BCUT2D eigenvalue weighted by atomic mass is 10.0. The lowest BCUT2D eigenvalue weighted by Crippen LogP contribution is -2.29. The second-order valence-corrected chi connectivity index (χ2v) is 6.81. The average molecular weight is 262 g/mol. The molecule has 2 aliphatic rings. The molecule has 106 valence electrons. The number of nitrogens with two attached hydrogens (primary N) is 1. The maximum atomic E-state index is 6.45. The van der Waals surface area contributed by atoms with Gasteiger partial charge in [-0.15, -0.1) is 0 Å². The fourth-order valence-corrected chi connectivity index (χ4v) is 3.97. The highest BCUT2D eigenvalue weighted by atomic mass is 15.3. The first-order valence-corrected chi connectivity index (χ1v) is 7.79. The second kappa shape index (κ2) is 5.23. The molecular weight excluding hydrogens is 236 g/mol. The predicted octanol–water partition coefficient (Wildman–Crippen LogP) is 2.24. The van der Waals surface area contributed by atoms with E-state index in [0.717, 1.165) is 36.5 Å². The molecule has 1 heterocycles. The first-order chi connectivity index (χ1) is 9.16. The van der Waals surface area contributed by atoms with Gasteiger partial charge in [0.05, 0.1) is 0 Å². The molecule has 4 nitrogen and oxygen atoms in total. The van der Waals surface area contributed by atoms with E-state index in [-0.39, 0.29) is 6.04 Å².